The van der Waals surface area contributed by atoms with E-state index in [4.69, 9.17) is 0 Å². The van der Waals surface area contributed by atoms with Gasteiger partial charge in [-0.2, -0.15) is 0 Å². The number of carboxylic acid groups (broad SMARTS) is 1. The van der Waals surface area contributed by atoms with Crippen molar-refractivity contribution in [3.8, 4) is 5.75 Å². The van der Waals surface area contributed by atoms with Crippen LogP contribution in [0.4, 0.5) is 0 Å². The highest BCUT2D eigenvalue weighted by molar-refractivity contribution is 5.92. The van der Waals surface area contributed by atoms with Crippen molar-refractivity contribution in [2.45, 2.75) is 90.4 Å². The summed E-state index contributed by atoms with van der Waals surface area (Å²) in [5.74, 6) is -0.800. The van der Waals surface area contributed by atoms with Crippen LogP contribution in [0, 0.1) is 0 Å². The van der Waals surface area contributed by atoms with Crippen molar-refractivity contribution in [3.63, 3.8) is 0 Å². The van der Waals surface area contributed by atoms with Gasteiger partial charge in [-0.1, -0.05) is 64.0 Å². The average Bonchev–Trinajstić information content (AvgIpc) is 2.59. The minimum Gasteiger partial charge on any atom is -0.507 e. The molecule has 0 aliphatic rings. The van der Waals surface area contributed by atoms with E-state index in [0.29, 0.717) is 12.2 Å². The fraction of sp³-hybridized carbons (Fsp3) is 0.636. The van der Waals surface area contributed by atoms with Crippen LogP contribution in [0.2, 0.25) is 0 Å². The molecule has 0 fully saturated rings. The molecule has 146 valence electrons. The van der Waals surface area contributed by atoms with Gasteiger partial charge < -0.3 is 10.2 Å². The quantitative estimate of drug-likeness (QED) is 0.381. The molecule has 0 heterocycles. The third kappa shape index (κ3) is 9.02. The molecule has 0 amide bonds. The molecule has 1 rings (SSSR count). The van der Waals surface area contributed by atoms with Gasteiger partial charge in [0.2, 0.25) is 0 Å². The van der Waals surface area contributed by atoms with Crippen molar-refractivity contribution in [3.05, 3.63) is 29.3 Å². The molecule has 4 nitrogen and oxygen atoms in total. The number of carboxylic acids is 1. The first-order valence-electron chi connectivity index (χ1n) is 10.1. The SMILES string of the molecule is CCCC(=O)CCCCCCCCCCCc1cccc(O)c1C(=O)O. The summed E-state index contributed by atoms with van der Waals surface area (Å²) in [7, 11) is 0. The Morgan fingerprint density at radius 3 is 2.00 bits per heavy atom. The van der Waals surface area contributed by atoms with Crippen molar-refractivity contribution >= 4 is 11.8 Å². The van der Waals surface area contributed by atoms with E-state index in [2.05, 4.69) is 0 Å². The highest BCUT2D eigenvalue weighted by Gasteiger charge is 2.14. The number of Topliss-reactive ketones (excluding diaryl/α,β-unsaturated/α-hetero) is 1. The zero-order valence-electron chi connectivity index (χ0n) is 16.1. The molecule has 2 N–H and O–H groups in total. The van der Waals surface area contributed by atoms with Gasteiger partial charge in [0.25, 0.3) is 0 Å². The van der Waals surface area contributed by atoms with E-state index >= 15 is 0 Å². The normalized spacial score (nSPS) is 10.8. The summed E-state index contributed by atoms with van der Waals surface area (Å²) in [4.78, 5) is 22.6. The fourth-order valence-corrected chi connectivity index (χ4v) is 3.32. The van der Waals surface area contributed by atoms with E-state index in [0.717, 1.165) is 56.9 Å². The van der Waals surface area contributed by atoms with Gasteiger partial charge in [0, 0.05) is 12.8 Å². The Morgan fingerprint density at radius 1 is 0.846 bits per heavy atom. The summed E-state index contributed by atoms with van der Waals surface area (Å²) < 4.78 is 0. The Kier molecular flexibility index (Phi) is 11.4. The van der Waals surface area contributed by atoms with E-state index in [-0.39, 0.29) is 11.3 Å². The number of hydrogen-bond donors (Lipinski definition) is 2. The number of rotatable bonds is 15. The highest BCUT2D eigenvalue weighted by Crippen LogP contribution is 2.23. The molecule has 1 aromatic rings. The van der Waals surface area contributed by atoms with Gasteiger partial charge in [-0.25, -0.2) is 4.79 Å². The number of unbranched alkanes of at least 4 members (excludes halogenated alkanes) is 8. The topological polar surface area (TPSA) is 74.6 Å². The van der Waals surface area contributed by atoms with E-state index in [1.807, 2.05) is 6.92 Å². The first-order chi connectivity index (χ1) is 12.6. The van der Waals surface area contributed by atoms with Crippen molar-refractivity contribution in [1.82, 2.24) is 0 Å². The second-order valence-corrected chi connectivity index (χ2v) is 7.09. The number of hydrogen-bond acceptors (Lipinski definition) is 3. The van der Waals surface area contributed by atoms with Gasteiger partial charge in [0.15, 0.2) is 0 Å². The summed E-state index contributed by atoms with van der Waals surface area (Å²) in [6, 6.07) is 4.91. The maximum absolute atomic E-state index is 11.4. The zero-order valence-corrected chi connectivity index (χ0v) is 16.1. The predicted octanol–water partition coefficient (Wildman–Crippen LogP) is 5.90. The van der Waals surface area contributed by atoms with Gasteiger partial charge in [-0.05, 0) is 37.3 Å². The minimum atomic E-state index is -1.06. The Hall–Kier alpha value is -1.84. The van der Waals surface area contributed by atoms with Crippen LogP contribution in [0.3, 0.4) is 0 Å². The van der Waals surface area contributed by atoms with Gasteiger partial charge >= 0.3 is 5.97 Å². The number of aromatic hydroxyl groups is 1. The molecule has 0 aliphatic heterocycles. The Morgan fingerprint density at radius 2 is 1.42 bits per heavy atom. The summed E-state index contributed by atoms with van der Waals surface area (Å²) in [5, 5.41) is 18.9. The number of ketones is 1. The van der Waals surface area contributed by atoms with Crippen molar-refractivity contribution < 1.29 is 19.8 Å². The lowest BCUT2D eigenvalue weighted by Crippen LogP contribution is -2.03. The molecule has 0 aliphatic carbocycles. The monoisotopic (exact) mass is 362 g/mol. The molecule has 4 heteroatoms. The summed E-state index contributed by atoms with van der Waals surface area (Å²) in [6.07, 6.45) is 13.4. The molecule has 0 unspecified atom stereocenters. The predicted molar refractivity (Wildman–Crippen MR) is 105 cm³/mol. The Bertz CT molecular complexity index is 551. The molecule has 1 aromatic carbocycles. The summed E-state index contributed by atoms with van der Waals surface area (Å²) in [5.41, 5.74) is 0.764. The molecule has 0 radical (unpaired) electrons. The Balaban J connectivity index is 2.03. The number of benzene rings is 1. The second-order valence-electron chi connectivity index (χ2n) is 7.09. The molecule has 0 saturated heterocycles. The number of carbonyl (C=O) groups is 2. The molecule has 0 atom stereocenters. The van der Waals surface area contributed by atoms with E-state index in [9.17, 15) is 19.8 Å². The van der Waals surface area contributed by atoms with Crippen molar-refractivity contribution in [1.29, 1.82) is 0 Å². The van der Waals surface area contributed by atoms with Crippen LogP contribution in [0.25, 0.3) is 0 Å². The standard InChI is InChI=1S/C22H34O4/c1-2-13-19(23)16-11-9-7-5-3-4-6-8-10-14-18-15-12-17-20(24)21(18)22(25)26/h12,15,17,24H,2-11,13-14,16H2,1H3,(H,25,26). The van der Waals surface area contributed by atoms with E-state index in [1.54, 1.807) is 12.1 Å². The molecule has 0 saturated carbocycles. The van der Waals surface area contributed by atoms with Gasteiger partial charge in [0.1, 0.15) is 17.1 Å². The first kappa shape index (κ1) is 22.2. The molecule has 26 heavy (non-hydrogen) atoms. The largest absolute Gasteiger partial charge is 0.507 e. The fourth-order valence-electron chi connectivity index (χ4n) is 3.32. The number of carbonyl (C=O) groups excluding carboxylic acids is 1. The van der Waals surface area contributed by atoms with Crippen LogP contribution in [-0.4, -0.2) is 22.0 Å². The number of phenols is 1. The summed E-state index contributed by atoms with van der Waals surface area (Å²) in [6.45, 7) is 2.05. The lowest BCUT2D eigenvalue weighted by atomic mass is 9.99. The third-order valence-corrected chi connectivity index (χ3v) is 4.77. The lowest BCUT2D eigenvalue weighted by molar-refractivity contribution is -0.119. The average molecular weight is 363 g/mol. The van der Waals surface area contributed by atoms with Gasteiger partial charge in [-0.3, -0.25) is 4.79 Å². The van der Waals surface area contributed by atoms with E-state index in [1.165, 1.54) is 31.7 Å². The summed E-state index contributed by atoms with van der Waals surface area (Å²) >= 11 is 0. The molecule has 0 bridgehead atoms. The number of aromatic carboxylic acids is 1. The zero-order chi connectivity index (χ0) is 19.2. The maximum Gasteiger partial charge on any atom is 0.339 e. The van der Waals surface area contributed by atoms with Crippen molar-refractivity contribution in [2.24, 2.45) is 0 Å². The third-order valence-electron chi connectivity index (χ3n) is 4.77. The van der Waals surface area contributed by atoms with Crippen LogP contribution in [0.1, 0.15) is 99.9 Å². The molecule has 0 aromatic heterocycles. The second kappa shape index (κ2) is 13.4. The molecular weight excluding hydrogens is 328 g/mol. The van der Waals surface area contributed by atoms with Crippen LogP contribution in [0.15, 0.2) is 18.2 Å². The Labute approximate surface area is 157 Å². The lowest BCUT2D eigenvalue weighted by Gasteiger charge is -2.08. The first-order valence-corrected chi connectivity index (χ1v) is 10.1. The van der Waals surface area contributed by atoms with Gasteiger partial charge in [-0.15, -0.1) is 0 Å². The van der Waals surface area contributed by atoms with Gasteiger partial charge in [0.05, 0.1) is 0 Å². The number of aryl methyl sites for hydroxylation is 1. The van der Waals surface area contributed by atoms with Crippen molar-refractivity contribution in [2.75, 3.05) is 0 Å². The minimum absolute atomic E-state index is 0.0462. The molecule has 0 spiro atoms. The smallest absolute Gasteiger partial charge is 0.339 e. The van der Waals surface area contributed by atoms with Crippen LogP contribution in [0.5, 0.6) is 5.75 Å². The van der Waals surface area contributed by atoms with Crippen LogP contribution < -0.4 is 0 Å². The van der Waals surface area contributed by atoms with Crippen LogP contribution >= 0.6 is 0 Å². The highest BCUT2D eigenvalue weighted by atomic mass is 16.4. The molecular formula is C22H34O4. The van der Waals surface area contributed by atoms with Crippen LogP contribution in [-0.2, 0) is 11.2 Å². The maximum atomic E-state index is 11.4. The van der Waals surface area contributed by atoms with E-state index < -0.39 is 5.97 Å².